The average molecular weight is 223 g/mol. The molecular weight excluding hydrogens is 202 g/mol. The van der Waals surface area contributed by atoms with E-state index in [4.69, 9.17) is 5.73 Å². The summed E-state index contributed by atoms with van der Waals surface area (Å²) in [5, 5.41) is 13.2. The van der Waals surface area contributed by atoms with Gasteiger partial charge in [0.15, 0.2) is 0 Å². The first-order chi connectivity index (χ1) is 7.39. The Bertz CT molecular complexity index is 337. The van der Waals surface area contributed by atoms with Crippen molar-refractivity contribution in [2.75, 3.05) is 17.6 Å². The third-order valence-corrected chi connectivity index (χ3v) is 2.28. The topological polar surface area (TPSA) is 71.2 Å². The van der Waals surface area contributed by atoms with Crippen LogP contribution in [-0.2, 0) is 0 Å². The number of anilines is 2. The number of nitrogen functional groups attached to an aromatic ring is 1. The highest BCUT2D eigenvalue weighted by Crippen LogP contribution is 2.18. The molecule has 0 aliphatic heterocycles. The van der Waals surface area contributed by atoms with Gasteiger partial charge in [0.2, 0.25) is 0 Å². The number of nitrogens with two attached hydrogens (primary N) is 1. The van der Waals surface area contributed by atoms with Crippen molar-refractivity contribution in [2.45, 2.75) is 32.8 Å². The van der Waals surface area contributed by atoms with E-state index in [9.17, 15) is 5.11 Å². The molecule has 1 aromatic rings. The van der Waals surface area contributed by atoms with Gasteiger partial charge < -0.3 is 16.2 Å². The van der Waals surface area contributed by atoms with Gasteiger partial charge in [-0.3, -0.25) is 4.98 Å². The van der Waals surface area contributed by atoms with Crippen molar-refractivity contribution in [1.29, 1.82) is 0 Å². The number of aliphatic hydroxyl groups is 1. The van der Waals surface area contributed by atoms with E-state index in [1.165, 1.54) is 0 Å². The maximum atomic E-state index is 10.1. The molecule has 1 atom stereocenters. The smallest absolute Gasteiger partial charge is 0.0793 e. The lowest BCUT2D eigenvalue weighted by Crippen LogP contribution is -2.34. The minimum atomic E-state index is -0.710. The summed E-state index contributed by atoms with van der Waals surface area (Å²) in [6, 6.07) is 1.80. The summed E-state index contributed by atoms with van der Waals surface area (Å²) in [5.41, 5.74) is 6.36. The lowest BCUT2D eigenvalue weighted by atomic mass is 9.94. The zero-order valence-corrected chi connectivity index (χ0v) is 10.2. The average Bonchev–Trinajstić information content (AvgIpc) is 2.13. The van der Waals surface area contributed by atoms with Crippen LogP contribution in [0.2, 0.25) is 0 Å². The predicted octanol–water partition coefficient (Wildman–Crippen LogP) is 1.87. The standard InChI is InChI=1S/C12H21N3O/c1-9(2)5-12(3,16)8-15-11-4-10(13)6-14-7-11/h4,6-7,9,15-16H,5,8,13H2,1-3H3. The van der Waals surface area contributed by atoms with Crippen LogP contribution in [-0.4, -0.2) is 22.2 Å². The summed E-state index contributed by atoms with van der Waals surface area (Å²) in [4.78, 5) is 3.98. The van der Waals surface area contributed by atoms with Crippen molar-refractivity contribution in [1.82, 2.24) is 4.98 Å². The first-order valence-electron chi connectivity index (χ1n) is 5.56. The second-order valence-electron chi connectivity index (χ2n) is 4.96. The van der Waals surface area contributed by atoms with E-state index >= 15 is 0 Å². The molecule has 0 saturated heterocycles. The molecule has 0 aromatic carbocycles. The lowest BCUT2D eigenvalue weighted by molar-refractivity contribution is 0.0515. The van der Waals surface area contributed by atoms with Crippen LogP contribution in [0, 0.1) is 5.92 Å². The van der Waals surface area contributed by atoms with E-state index in [-0.39, 0.29) is 0 Å². The van der Waals surface area contributed by atoms with Crippen molar-refractivity contribution in [3.63, 3.8) is 0 Å². The largest absolute Gasteiger partial charge is 0.397 e. The third kappa shape index (κ3) is 4.49. The monoisotopic (exact) mass is 223 g/mol. The van der Waals surface area contributed by atoms with Gasteiger partial charge in [0, 0.05) is 12.7 Å². The van der Waals surface area contributed by atoms with Crippen molar-refractivity contribution in [3.05, 3.63) is 18.5 Å². The van der Waals surface area contributed by atoms with Crippen LogP contribution >= 0.6 is 0 Å². The molecule has 0 fully saturated rings. The Labute approximate surface area is 96.9 Å². The second kappa shape index (κ2) is 5.16. The molecule has 4 heteroatoms. The van der Waals surface area contributed by atoms with E-state index in [2.05, 4.69) is 24.1 Å². The Morgan fingerprint density at radius 1 is 1.50 bits per heavy atom. The quantitative estimate of drug-likeness (QED) is 0.712. The van der Waals surface area contributed by atoms with E-state index < -0.39 is 5.60 Å². The SMILES string of the molecule is CC(C)CC(C)(O)CNc1cncc(N)c1. The van der Waals surface area contributed by atoms with Gasteiger partial charge in [0.1, 0.15) is 0 Å². The number of nitrogens with one attached hydrogen (secondary N) is 1. The van der Waals surface area contributed by atoms with Gasteiger partial charge in [0.05, 0.1) is 23.2 Å². The van der Waals surface area contributed by atoms with Gasteiger partial charge in [-0.05, 0) is 25.3 Å². The van der Waals surface area contributed by atoms with Gasteiger partial charge in [-0.2, -0.15) is 0 Å². The van der Waals surface area contributed by atoms with Crippen LogP contribution < -0.4 is 11.1 Å². The first kappa shape index (κ1) is 12.8. The Morgan fingerprint density at radius 3 is 2.75 bits per heavy atom. The fourth-order valence-corrected chi connectivity index (χ4v) is 1.80. The number of nitrogens with zero attached hydrogens (tertiary/aromatic N) is 1. The van der Waals surface area contributed by atoms with Crippen molar-refractivity contribution < 1.29 is 5.11 Å². The van der Waals surface area contributed by atoms with Crippen molar-refractivity contribution in [2.24, 2.45) is 5.92 Å². The minimum Gasteiger partial charge on any atom is -0.397 e. The second-order valence-corrected chi connectivity index (χ2v) is 4.96. The highest BCUT2D eigenvalue weighted by atomic mass is 16.3. The van der Waals surface area contributed by atoms with Crippen LogP contribution in [0.3, 0.4) is 0 Å². The van der Waals surface area contributed by atoms with Crippen LogP contribution in [0.5, 0.6) is 0 Å². The molecule has 0 amide bonds. The molecule has 16 heavy (non-hydrogen) atoms. The molecule has 0 spiro atoms. The van der Waals surface area contributed by atoms with Crippen molar-refractivity contribution in [3.8, 4) is 0 Å². The molecule has 0 saturated carbocycles. The van der Waals surface area contributed by atoms with Crippen molar-refractivity contribution >= 4 is 11.4 Å². The molecule has 0 aliphatic carbocycles. The molecule has 1 unspecified atom stereocenters. The zero-order valence-electron chi connectivity index (χ0n) is 10.2. The van der Waals surface area contributed by atoms with Gasteiger partial charge >= 0.3 is 0 Å². The molecule has 1 heterocycles. The van der Waals surface area contributed by atoms with Crippen LogP contribution in [0.15, 0.2) is 18.5 Å². The van der Waals surface area contributed by atoms with Gasteiger partial charge in [0.25, 0.3) is 0 Å². The Hall–Kier alpha value is -1.29. The maximum absolute atomic E-state index is 10.1. The molecule has 0 aliphatic rings. The van der Waals surface area contributed by atoms with E-state index in [1.807, 2.05) is 6.92 Å². The molecule has 0 radical (unpaired) electrons. The molecule has 4 N–H and O–H groups in total. The van der Waals surface area contributed by atoms with Gasteiger partial charge in [-0.25, -0.2) is 0 Å². The summed E-state index contributed by atoms with van der Waals surface area (Å²) in [5.74, 6) is 0.468. The molecule has 4 nitrogen and oxygen atoms in total. The molecule has 1 aromatic heterocycles. The normalized spacial score (nSPS) is 14.8. The fraction of sp³-hybridized carbons (Fsp3) is 0.583. The summed E-state index contributed by atoms with van der Waals surface area (Å²) in [7, 11) is 0. The number of aromatic nitrogens is 1. The zero-order chi connectivity index (χ0) is 12.2. The molecule has 0 bridgehead atoms. The van der Waals surface area contributed by atoms with Gasteiger partial charge in [-0.15, -0.1) is 0 Å². The summed E-state index contributed by atoms with van der Waals surface area (Å²) < 4.78 is 0. The Balaban J connectivity index is 2.50. The molecule has 90 valence electrons. The third-order valence-electron chi connectivity index (χ3n) is 2.28. The number of hydrogen-bond donors (Lipinski definition) is 3. The van der Waals surface area contributed by atoms with E-state index in [0.717, 1.165) is 12.1 Å². The first-order valence-corrected chi connectivity index (χ1v) is 5.56. The minimum absolute atomic E-state index is 0.468. The van der Waals surface area contributed by atoms with Crippen LogP contribution in [0.25, 0.3) is 0 Å². The highest BCUT2D eigenvalue weighted by Gasteiger charge is 2.21. The summed E-state index contributed by atoms with van der Waals surface area (Å²) >= 11 is 0. The Kier molecular flexibility index (Phi) is 4.12. The van der Waals surface area contributed by atoms with Crippen LogP contribution in [0.1, 0.15) is 27.2 Å². The summed E-state index contributed by atoms with van der Waals surface area (Å²) in [6.07, 6.45) is 4.05. The lowest BCUT2D eigenvalue weighted by Gasteiger charge is -2.26. The summed E-state index contributed by atoms with van der Waals surface area (Å²) in [6.45, 7) is 6.52. The Morgan fingerprint density at radius 2 is 2.19 bits per heavy atom. The fourth-order valence-electron chi connectivity index (χ4n) is 1.80. The molecule has 1 rings (SSSR count). The van der Waals surface area contributed by atoms with E-state index in [0.29, 0.717) is 18.2 Å². The maximum Gasteiger partial charge on any atom is 0.0793 e. The van der Waals surface area contributed by atoms with E-state index in [1.54, 1.807) is 18.5 Å². The number of hydrogen-bond acceptors (Lipinski definition) is 4. The highest BCUT2D eigenvalue weighted by molar-refractivity contribution is 5.51. The number of rotatable bonds is 5. The number of pyridine rings is 1. The van der Waals surface area contributed by atoms with Gasteiger partial charge in [-0.1, -0.05) is 13.8 Å². The molecular formula is C12H21N3O. The van der Waals surface area contributed by atoms with Crippen LogP contribution in [0.4, 0.5) is 11.4 Å². The predicted molar refractivity (Wildman–Crippen MR) is 67.2 cm³/mol.